The highest BCUT2D eigenvalue weighted by Gasteiger charge is 2.04. The van der Waals surface area contributed by atoms with Gasteiger partial charge in [0.2, 0.25) is 0 Å². The van der Waals surface area contributed by atoms with E-state index in [2.05, 4.69) is 11.9 Å². The van der Waals surface area contributed by atoms with Crippen LogP contribution < -0.4 is 5.73 Å². The van der Waals surface area contributed by atoms with Crippen LogP contribution in [0.5, 0.6) is 0 Å². The highest BCUT2D eigenvalue weighted by molar-refractivity contribution is 6.42. The second-order valence-corrected chi connectivity index (χ2v) is 4.21. The van der Waals surface area contributed by atoms with Crippen molar-refractivity contribution in [2.45, 2.75) is 26.3 Å². The molecular weight excluding hydrogens is 231 g/mol. The molecule has 0 saturated carbocycles. The SMILES string of the molecule is CCC(C)N=C(N)c1ccc(Cl)c(Cl)c1. The van der Waals surface area contributed by atoms with Gasteiger partial charge in [0.15, 0.2) is 0 Å². The van der Waals surface area contributed by atoms with Crippen molar-refractivity contribution < 1.29 is 0 Å². The number of nitrogens with zero attached hydrogens (tertiary/aromatic N) is 1. The molecule has 2 nitrogen and oxygen atoms in total. The van der Waals surface area contributed by atoms with Gasteiger partial charge in [-0.3, -0.25) is 4.99 Å². The molecule has 0 heterocycles. The first-order valence-corrected chi connectivity index (χ1v) is 5.59. The third kappa shape index (κ3) is 3.40. The van der Waals surface area contributed by atoms with Gasteiger partial charge in [-0.2, -0.15) is 0 Å². The number of aliphatic imine (C=N–C) groups is 1. The number of hydrogen-bond donors (Lipinski definition) is 1. The number of nitrogens with two attached hydrogens (primary N) is 1. The van der Waals surface area contributed by atoms with Crippen LogP contribution in [0, 0.1) is 0 Å². The zero-order valence-electron chi connectivity index (χ0n) is 8.80. The van der Waals surface area contributed by atoms with E-state index in [4.69, 9.17) is 28.9 Å². The molecule has 1 aromatic rings. The van der Waals surface area contributed by atoms with Gasteiger partial charge >= 0.3 is 0 Å². The van der Waals surface area contributed by atoms with Crippen molar-refractivity contribution in [2.75, 3.05) is 0 Å². The molecule has 1 unspecified atom stereocenters. The Kier molecular flexibility index (Phi) is 4.43. The molecule has 0 radical (unpaired) electrons. The fraction of sp³-hybridized carbons (Fsp3) is 0.364. The Morgan fingerprint density at radius 2 is 2.07 bits per heavy atom. The van der Waals surface area contributed by atoms with Crippen LogP contribution in [0.1, 0.15) is 25.8 Å². The monoisotopic (exact) mass is 244 g/mol. The first kappa shape index (κ1) is 12.3. The molecule has 0 aliphatic carbocycles. The van der Waals surface area contributed by atoms with E-state index in [9.17, 15) is 0 Å². The summed E-state index contributed by atoms with van der Waals surface area (Å²) in [5.74, 6) is 0.503. The van der Waals surface area contributed by atoms with Crippen molar-refractivity contribution in [3.8, 4) is 0 Å². The maximum Gasteiger partial charge on any atom is 0.125 e. The second kappa shape index (κ2) is 5.38. The van der Waals surface area contributed by atoms with Crippen LogP contribution in [0.4, 0.5) is 0 Å². The lowest BCUT2D eigenvalue weighted by Crippen LogP contribution is -2.16. The zero-order valence-corrected chi connectivity index (χ0v) is 10.3. The Morgan fingerprint density at radius 3 is 2.60 bits per heavy atom. The minimum Gasteiger partial charge on any atom is -0.383 e. The van der Waals surface area contributed by atoms with Crippen LogP contribution >= 0.6 is 23.2 Å². The molecule has 0 bridgehead atoms. The summed E-state index contributed by atoms with van der Waals surface area (Å²) in [6, 6.07) is 5.48. The maximum atomic E-state index is 5.89. The van der Waals surface area contributed by atoms with Gasteiger partial charge in [-0.05, 0) is 31.5 Å². The molecule has 0 amide bonds. The van der Waals surface area contributed by atoms with Gasteiger partial charge < -0.3 is 5.73 Å². The molecule has 1 atom stereocenters. The van der Waals surface area contributed by atoms with Crippen molar-refractivity contribution in [2.24, 2.45) is 10.7 Å². The van der Waals surface area contributed by atoms with Crippen LogP contribution in [0.2, 0.25) is 10.0 Å². The predicted octanol–water partition coefficient (Wildman–Crippen LogP) is 3.50. The summed E-state index contributed by atoms with van der Waals surface area (Å²) in [4.78, 5) is 4.33. The van der Waals surface area contributed by atoms with Gasteiger partial charge in [-0.1, -0.05) is 30.1 Å². The van der Waals surface area contributed by atoms with E-state index < -0.39 is 0 Å². The Hall–Kier alpha value is -0.730. The fourth-order valence-corrected chi connectivity index (χ4v) is 1.36. The Morgan fingerprint density at radius 1 is 1.40 bits per heavy atom. The van der Waals surface area contributed by atoms with Gasteiger partial charge in [0.1, 0.15) is 5.84 Å². The van der Waals surface area contributed by atoms with Crippen molar-refractivity contribution in [1.29, 1.82) is 0 Å². The lowest BCUT2D eigenvalue weighted by atomic mass is 10.2. The topological polar surface area (TPSA) is 38.4 Å². The van der Waals surface area contributed by atoms with Gasteiger partial charge in [-0.15, -0.1) is 0 Å². The Balaban J connectivity index is 2.96. The van der Waals surface area contributed by atoms with E-state index in [1.807, 2.05) is 13.0 Å². The molecule has 0 aliphatic rings. The van der Waals surface area contributed by atoms with E-state index in [0.29, 0.717) is 15.9 Å². The summed E-state index contributed by atoms with van der Waals surface area (Å²) in [6.07, 6.45) is 0.960. The summed E-state index contributed by atoms with van der Waals surface area (Å²) in [7, 11) is 0. The van der Waals surface area contributed by atoms with E-state index in [1.54, 1.807) is 12.1 Å². The molecule has 4 heteroatoms. The number of halogens is 2. The molecule has 0 aliphatic heterocycles. The van der Waals surface area contributed by atoms with Crippen LogP contribution in [0.3, 0.4) is 0 Å². The largest absolute Gasteiger partial charge is 0.383 e. The molecule has 0 spiro atoms. The van der Waals surface area contributed by atoms with Gasteiger partial charge in [0.25, 0.3) is 0 Å². The summed E-state index contributed by atoms with van der Waals surface area (Å²) >= 11 is 11.7. The average molecular weight is 245 g/mol. The molecule has 2 N–H and O–H groups in total. The molecular formula is C11H14Cl2N2. The van der Waals surface area contributed by atoms with Crippen molar-refractivity contribution in [1.82, 2.24) is 0 Å². The molecule has 0 fully saturated rings. The lowest BCUT2D eigenvalue weighted by Gasteiger charge is -2.06. The first-order valence-electron chi connectivity index (χ1n) is 4.83. The molecule has 0 saturated heterocycles. The highest BCUT2D eigenvalue weighted by atomic mass is 35.5. The van der Waals surface area contributed by atoms with Crippen molar-refractivity contribution in [3.63, 3.8) is 0 Å². The van der Waals surface area contributed by atoms with Crippen LogP contribution in [0.25, 0.3) is 0 Å². The summed E-state index contributed by atoms with van der Waals surface area (Å²) in [6.45, 7) is 4.08. The molecule has 0 aromatic heterocycles. The van der Waals surface area contributed by atoms with Crippen molar-refractivity contribution in [3.05, 3.63) is 33.8 Å². The Labute approximate surface area is 100 Å². The third-order valence-corrected chi connectivity index (χ3v) is 2.90. The number of benzene rings is 1. The fourth-order valence-electron chi connectivity index (χ4n) is 1.06. The van der Waals surface area contributed by atoms with E-state index >= 15 is 0 Å². The van der Waals surface area contributed by atoms with Crippen LogP contribution in [0.15, 0.2) is 23.2 Å². The number of rotatable bonds is 3. The third-order valence-electron chi connectivity index (χ3n) is 2.17. The minimum atomic E-state index is 0.222. The quantitative estimate of drug-likeness (QED) is 0.642. The standard InChI is InChI=1S/C11H14Cl2N2/c1-3-7(2)15-11(14)8-4-5-9(12)10(13)6-8/h4-7H,3H2,1-2H3,(H2,14,15). The molecule has 1 aromatic carbocycles. The van der Waals surface area contributed by atoms with Crippen LogP contribution in [-0.4, -0.2) is 11.9 Å². The van der Waals surface area contributed by atoms with Gasteiger partial charge in [0.05, 0.1) is 10.0 Å². The second-order valence-electron chi connectivity index (χ2n) is 3.40. The van der Waals surface area contributed by atoms with E-state index in [1.165, 1.54) is 0 Å². The predicted molar refractivity (Wildman–Crippen MR) is 66.9 cm³/mol. The molecule has 82 valence electrons. The van der Waals surface area contributed by atoms with E-state index in [0.717, 1.165) is 12.0 Å². The minimum absolute atomic E-state index is 0.222. The summed E-state index contributed by atoms with van der Waals surface area (Å²) in [5, 5.41) is 1.02. The van der Waals surface area contributed by atoms with Crippen molar-refractivity contribution >= 4 is 29.0 Å². The zero-order chi connectivity index (χ0) is 11.4. The summed E-state index contributed by atoms with van der Waals surface area (Å²) < 4.78 is 0. The number of hydrogen-bond acceptors (Lipinski definition) is 1. The smallest absolute Gasteiger partial charge is 0.125 e. The normalized spacial score (nSPS) is 14.0. The lowest BCUT2D eigenvalue weighted by molar-refractivity contribution is 0.716. The van der Waals surface area contributed by atoms with Crippen LogP contribution in [-0.2, 0) is 0 Å². The first-order chi connectivity index (χ1) is 7.04. The molecule has 1 rings (SSSR count). The number of amidine groups is 1. The van der Waals surface area contributed by atoms with E-state index in [-0.39, 0.29) is 6.04 Å². The average Bonchev–Trinajstić information content (AvgIpc) is 2.21. The summed E-state index contributed by atoms with van der Waals surface area (Å²) in [5.41, 5.74) is 6.65. The van der Waals surface area contributed by atoms with Gasteiger partial charge in [-0.25, -0.2) is 0 Å². The Bertz CT molecular complexity index is 375. The highest BCUT2D eigenvalue weighted by Crippen LogP contribution is 2.22. The molecule has 15 heavy (non-hydrogen) atoms. The maximum absolute atomic E-state index is 5.89. The van der Waals surface area contributed by atoms with Gasteiger partial charge in [0, 0.05) is 11.6 Å².